The van der Waals surface area contributed by atoms with E-state index < -0.39 is 0 Å². The van der Waals surface area contributed by atoms with Crippen LogP contribution in [0.2, 0.25) is 0 Å². The van der Waals surface area contributed by atoms with E-state index in [4.69, 9.17) is 4.74 Å². The van der Waals surface area contributed by atoms with Gasteiger partial charge in [-0.3, -0.25) is 0 Å². The summed E-state index contributed by atoms with van der Waals surface area (Å²) in [5.41, 5.74) is 3.02. The van der Waals surface area contributed by atoms with Crippen molar-refractivity contribution >= 4 is 6.03 Å². The third kappa shape index (κ3) is 5.42. The van der Waals surface area contributed by atoms with Crippen LogP contribution in [-0.4, -0.2) is 37.2 Å². The van der Waals surface area contributed by atoms with Crippen molar-refractivity contribution in [3.05, 3.63) is 29.3 Å². The molecule has 1 atom stereocenters. The van der Waals surface area contributed by atoms with Crippen molar-refractivity contribution in [2.24, 2.45) is 5.92 Å². The smallest absolute Gasteiger partial charge is 0.317 e. The van der Waals surface area contributed by atoms with Gasteiger partial charge in [0.25, 0.3) is 0 Å². The summed E-state index contributed by atoms with van der Waals surface area (Å²) in [5, 5.41) is 2.93. The van der Waals surface area contributed by atoms with Crippen LogP contribution in [0.1, 0.15) is 82.3 Å². The number of nitrogens with one attached hydrogen (secondary N) is 1. The predicted octanol–water partition coefficient (Wildman–Crippen LogP) is 5.51. The van der Waals surface area contributed by atoms with Gasteiger partial charge in [-0.1, -0.05) is 38.7 Å². The van der Waals surface area contributed by atoms with E-state index in [1.807, 2.05) is 11.8 Å². The van der Waals surface area contributed by atoms with Gasteiger partial charge in [0.2, 0.25) is 0 Å². The second-order valence-corrected chi connectivity index (χ2v) is 8.43. The first-order chi connectivity index (χ1) is 13.7. The van der Waals surface area contributed by atoms with Crippen LogP contribution in [0, 0.1) is 5.92 Å². The van der Waals surface area contributed by atoms with Gasteiger partial charge in [0.05, 0.1) is 6.61 Å². The van der Waals surface area contributed by atoms with Crippen molar-refractivity contribution in [3.63, 3.8) is 0 Å². The number of nitrogens with zero attached hydrogens (tertiary/aromatic N) is 1. The second-order valence-electron chi connectivity index (χ2n) is 8.43. The van der Waals surface area contributed by atoms with Crippen LogP contribution in [0.15, 0.2) is 18.2 Å². The quantitative estimate of drug-likeness (QED) is 0.569. The number of piperidine rings is 1. The van der Waals surface area contributed by atoms with E-state index in [1.165, 1.54) is 49.7 Å². The van der Waals surface area contributed by atoms with Gasteiger partial charge in [-0.05, 0) is 74.1 Å². The second kappa shape index (κ2) is 10.7. The number of hydrogen-bond acceptors (Lipinski definition) is 2. The van der Waals surface area contributed by atoms with Crippen molar-refractivity contribution in [2.45, 2.75) is 77.6 Å². The molecule has 0 bridgehead atoms. The normalized spacial score (nSPS) is 19.5. The van der Waals surface area contributed by atoms with Crippen LogP contribution in [0.4, 0.5) is 4.79 Å². The summed E-state index contributed by atoms with van der Waals surface area (Å²) in [6.07, 6.45) is 11.0. The highest BCUT2D eigenvalue weighted by atomic mass is 16.5. The van der Waals surface area contributed by atoms with Crippen molar-refractivity contribution in [2.75, 3.05) is 26.2 Å². The molecule has 1 aromatic carbocycles. The molecule has 28 heavy (non-hydrogen) atoms. The molecule has 0 saturated carbocycles. The van der Waals surface area contributed by atoms with Crippen LogP contribution >= 0.6 is 0 Å². The topological polar surface area (TPSA) is 41.6 Å². The Balaban J connectivity index is 1.51. The molecule has 4 nitrogen and oxygen atoms in total. The molecule has 0 aromatic heterocycles. The third-order valence-electron chi connectivity index (χ3n) is 6.48. The van der Waals surface area contributed by atoms with Gasteiger partial charge in [-0.2, -0.15) is 0 Å². The number of benzene rings is 1. The summed E-state index contributed by atoms with van der Waals surface area (Å²) in [6.45, 7) is 7.53. The maximum absolute atomic E-state index is 12.1. The average Bonchev–Trinajstić information content (AvgIpc) is 3.14. The molecule has 1 saturated heterocycles. The Kier molecular flexibility index (Phi) is 8.05. The number of aryl methyl sites for hydroxylation is 1. The lowest BCUT2D eigenvalue weighted by Crippen LogP contribution is -2.45. The van der Waals surface area contributed by atoms with Crippen LogP contribution in [0.3, 0.4) is 0 Å². The Hall–Kier alpha value is -1.71. The number of amides is 2. The summed E-state index contributed by atoms with van der Waals surface area (Å²) in [4.78, 5) is 14.0. The average molecular weight is 387 g/mol. The van der Waals surface area contributed by atoms with Gasteiger partial charge in [-0.15, -0.1) is 0 Å². The molecule has 1 fully saturated rings. The highest BCUT2D eigenvalue weighted by Crippen LogP contribution is 2.43. The van der Waals surface area contributed by atoms with E-state index in [0.29, 0.717) is 18.4 Å². The summed E-state index contributed by atoms with van der Waals surface area (Å²) in [6, 6.07) is 6.86. The molecule has 3 rings (SSSR count). The molecule has 1 heterocycles. The highest BCUT2D eigenvalue weighted by Gasteiger charge is 2.33. The highest BCUT2D eigenvalue weighted by molar-refractivity contribution is 5.74. The zero-order valence-corrected chi connectivity index (χ0v) is 17.8. The minimum absolute atomic E-state index is 0.0994. The molecule has 4 heteroatoms. The van der Waals surface area contributed by atoms with E-state index in [9.17, 15) is 4.79 Å². The van der Waals surface area contributed by atoms with E-state index in [-0.39, 0.29) is 6.03 Å². The molecule has 2 aliphatic rings. The van der Waals surface area contributed by atoms with Crippen LogP contribution in [0.5, 0.6) is 5.75 Å². The fraction of sp³-hybridized carbons (Fsp3) is 0.708. The number of hydrogen-bond donors (Lipinski definition) is 1. The first-order valence-electron chi connectivity index (χ1n) is 11.5. The van der Waals surface area contributed by atoms with Crippen LogP contribution < -0.4 is 10.1 Å². The fourth-order valence-corrected chi connectivity index (χ4v) is 4.86. The number of urea groups is 1. The molecule has 156 valence electrons. The molecule has 0 spiro atoms. The number of carbonyl (C=O) groups excluding carboxylic acids is 1. The van der Waals surface area contributed by atoms with Gasteiger partial charge in [0.15, 0.2) is 0 Å². The Labute approximate surface area is 171 Å². The largest absolute Gasteiger partial charge is 0.494 e. The third-order valence-corrected chi connectivity index (χ3v) is 6.48. The molecule has 1 aromatic rings. The first kappa shape index (κ1) is 21.0. The Morgan fingerprint density at radius 3 is 2.64 bits per heavy atom. The number of fused-ring (bicyclic) bond motifs is 1. The molecule has 1 aliphatic heterocycles. The van der Waals surface area contributed by atoms with Crippen LogP contribution in [0.25, 0.3) is 0 Å². The number of likely N-dealkylation sites (tertiary alicyclic amines) is 1. The summed E-state index contributed by atoms with van der Waals surface area (Å²) in [7, 11) is 0. The molecular formula is C24H38N2O2. The minimum atomic E-state index is 0.0994. The Morgan fingerprint density at radius 1 is 1.11 bits per heavy atom. The maximum atomic E-state index is 12.1. The standard InChI is InChI=1S/C24H38N2O2/c1-3-5-6-7-8-17-28-21-11-9-19-10-12-22(23(19)18-21)20-13-15-26(16-14-20)24(27)25-4-2/h9,11,18,20,22H,3-8,10,12-17H2,1-2H3,(H,25,27). The van der Waals surface area contributed by atoms with Gasteiger partial charge < -0.3 is 15.0 Å². The molecule has 0 radical (unpaired) electrons. The number of rotatable bonds is 9. The lowest BCUT2D eigenvalue weighted by molar-refractivity contribution is 0.163. The number of carbonyl (C=O) groups is 1. The number of ether oxygens (including phenoxy) is 1. The number of unbranched alkanes of at least 4 members (excludes halogenated alkanes) is 4. The molecular weight excluding hydrogens is 348 g/mol. The summed E-state index contributed by atoms with van der Waals surface area (Å²) >= 11 is 0. The predicted molar refractivity (Wildman–Crippen MR) is 115 cm³/mol. The SMILES string of the molecule is CCCCCCCOc1ccc2c(c1)C(C1CCN(C(=O)NCC)CC1)CC2. The monoisotopic (exact) mass is 386 g/mol. The van der Waals surface area contributed by atoms with E-state index in [2.05, 4.69) is 30.4 Å². The van der Waals surface area contributed by atoms with Crippen molar-refractivity contribution in [1.29, 1.82) is 0 Å². The Bertz CT molecular complexity index is 623. The van der Waals surface area contributed by atoms with E-state index in [1.54, 1.807) is 0 Å². The zero-order valence-electron chi connectivity index (χ0n) is 17.8. The van der Waals surface area contributed by atoms with Crippen LogP contribution in [-0.2, 0) is 6.42 Å². The Morgan fingerprint density at radius 2 is 1.89 bits per heavy atom. The molecule has 2 amide bonds. The van der Waals surface area contributed by atoms with Gasteiger partial charge in [-0.25, -0.2) is 4.79 Å². The van der Waals surface area contributed by atoms with Gasteiger partial charge in [0, 0.05) is 19.6 Å². The molecule has 1 aliphatic carbocycles. The van der Waals surface area contributed by atoms with Crippen molar-refractivity contribution < 1.29 is 9.53 Å². The molecule has 1 N–H and O–H groups in total. The van der Waals surface area contributed by atoms with E-state index in [0.717, 1.165) is 44.7 Å². The van der Waals surface area contributed by atoms with Crippen molar-refractivity contribution in [1.82, 2.24) is 10.2 Å². The first-order valence-corrected chi connectivity index (χ1v) is 11.5. The fourth-order valence-electron chi connectivity index (χ4n) is 4.86. The lowest BCUT2D eigenvalue weighted by atomic mass is 9.81. The van der Waals surface area contributed by atoms with Gasteiger partial charge in [0.1, 0.15) is 5.75 Å². The lowest BCUT2D eigenvalue weighted by Gasteiger charge is -2.35. The molecule has 1 unspecified atom stereocenters. The van der Waals surface area contributed by atoms with Gasteiger partial charge >= 0.3 is 6.03 Å². The summed E-state index contributed by atoms with van der Waals surface area (Å²) < 4.78 is 6.06. The van der Waals surface area contributed by atoms with E-state index >= 15 is 0 Å². The zero-order chi connectivity index (χ0) is 19.8. The van der Waals surface area contributed by atoms with Crippen molar-refractivity contribution in [3.8, 4) is 5.75 Å². The minimum Gasteiger partial charge on any atom is -0.494 e. The maximum Gasteiger partial charge on any atom is 0.317 e. The summed E-state index contributed by atoms with van der Waals surface area (Å²) in [5.74, 6) is 2.37.